The van der Waals surface area contributed by atoms with Crippen molar-refractivity contribution in [2.75, 3.05) is 50.3 Å². The monoisotopic (exact) mass is 688 g/mol. The van der Waals surface area contributed by atoms with E-state index in [1.54, 1.807) is 56.5 Å². The molecule has 0 saturated heterocycles. The van der Waals surface area contributed by atoms with E-state index >= 15 is 0 Å². The number of ether oxygens (including phenoxy) is 2. The Bertz CT molecular complexity index is 1950. The van der Waals surface area contributed by atoms with Gasteiger partial charge in [-0.2, -0.15) is 8.42 Å². The Balaban J connectivity index is 1.21. The number of aromatic nitrogens is 2. The van der Waals surface area contributed by atoms with Crippen LogP contribution in [0.15, 0.2) is 90.0 Å². The third kappa shape index (κ3) is 8.95. The Morgan fingerprint density at radius 1 is 0.854 bits per heavy atom. The van der Waals surface area contributed by atoms with Crippen LogP contribution < -0.4 is 9.80 Å². The Kier molecular flexibility index (Phi) is 10.8. The molecule has 1 amide bonds. The number of hydrogen-bond donors (Lipinski definition) is 0. The van der Waals surface area contributed by atoms with Gasteiger partial charge in [0.05, 0.1) is 41.5 Å². The second-order valence-corrected chi connectivity index (χ2v) is 15.0. The first kappa shape index (κ1) is 35.0. The van der Waals surface area contributed by atoms with Crippen molar-refractivity contribution >= 4 is 49.3 Å². The van der Waals surface area contributed by atoms with Gasteiger partial charge in [0.2, 0.25) is 0 Å². The van der Waals surface area contributed by atoms with Crippen molar-refractivity contribution in [3.05, 3.63) is 90.6 Å². The molecule has 10 nitrogen and oxygen atoms in total. The van der Waals surface area contributed by atoms with Crippen molar-refractivity contribution in [3.63, 3.8) is 0 Å². The molecule has 0 spiro atoms. The zero-order valence-corrected chi connectivity index (χ0v) is 29.6. The molecule has 5 aromatic rings. The van der Waals surface area contributed by atoms with E-state index in [1.165, 1.54) is 17.0 Å². The van der Waals surface area contributed by atoms with Crippen LogP contribution >= 0.6 is 11.3 Å². The topological polar surface area (TPSA) is 111 Å². The van der Waals surface area contributed by atoms with Crippen molar-refractivity contribution in [2.45, 2.75) is 38.2 Å². The third-order valence-electron chi connectivity index (χ3n) is 7.23. The lowest BCUT2D eigenvalue weighted by Gasteiger charge is -2.26. The van der Waals surface area contributed by atoms with Gasteiger partial charge in [0.25, 0.3) is 10.1 Å². The van der Waals surface area contributed by atoms with E-state index in [9.17, 15) is 13.2 Å². The number of pyridine rings is 1. The molecular weight excluding hydrogens is 649 g/mol. The molecule has 3 aromatic carbocycles. The minimum absolute atomic E-state index is 0.0176. The summed E-state index contributed by atoms with van der Waals surface area (Å²) in [5.41, 5.74) is 5.24. The second-order valence-electron chi connectivity index (χ2n) is 12.4. The predicted molar refractivity (Wildman–Crippen MR) is 191 cm³/mol. The van der Waals surface area contributed by atoms with E-state index in [-0.39, 0.29) is 31.3 Å². The summed E-state index contributed by atoms with van der Waals surface area (Å²) in [4.78, 5) is 26.1. The number of thiazole rings is 1. The highest BCUT2D eigenvalue weighted by molar-refractivity contribution is 7.86. The third-order valence-corrected chi connectivity index (χ3v) is 9.62. The fourth-order valence-corrected chi connectivity index (χ4v) is 6.58. The number of hydrogen-bond acceptors (Lipinski definition) is 10. The van der Waals surface area contributed by atoms with E-state index in [2.05, 4.69) is 22.0 Å². The first-order valence-corrected chi connectivity index (χ1v) is 17.7. The minimum Gasteiger partial charge on any atom is -0.443 e. The van der Waals surface area contributed by atoms with E-state index in [0.29, 0.717) is 5.82 Å². The maximum absolute atomic E-state index is 13.1. The normalized spacial score (nSPS) is 11.9. The van der Waals surface area contributed by atoms with E-state index in [4.69, 9.17) is 18.6 Å². The number of rotatable bonds is 12. The van der Waals surface area contributed by atoms with E-state index in [1.807, 2.05) is 57.4 Å². The molecule has 0 saturated carbocycles. The molecule has 5 rings (SSSR count). The van der Waals surface area contributed by atoms with Crippen LogP contribution in [0.3, 0.4) is 0 Å². The summed E-state index contributed by atoms with van der Waals surface area (Å²) in [7, 11) is 0.160. The molecule has 12 heteroatoms. The Labute approximate surface area is 286 Å². The summed E-state index contributed by atoms with van der Waals surface area (Å²) in [5, 5.41) is 0.954. The standard InChI is InChI=1S/C36H40N4O6S2/c1-25-7-15-30(16-8-25)48(42,43)45-22-21-44-20-19-40(35(41)46-36(2,3)4)33-18-13-28(24-37-33)26-9-11-27(12-10-26)34-38-31-17-14-29(39(5)6)23-32(31)47-34/h7-18,23-24H,19-22H2,1-6H3. The number of anilines is 2. The van der Waals surface area contributed by atoms with Crippen LogP contribution in [0.25, 0.3) is 31.9 Å². The number of nitrogens with zero attached hydrogens (tertiary/aromatic N) is 4. The number of benzene rings is 3. The van der Waals surface area contributed by atoms with Crippen molar-refractivity contribution in [1.29, 1.82) is 0 Å². The number of fused-ring (bicyclic) bond motifs is 1. The lowest BCUT2D eigenvalue weighted by atomic mass is 10.1. The highest BCUT2D eigenvalue weighted by atomic mass is 32.2. The molecule has 252 valence electrons. The van der Waals surface area contributed by atoms with Crippen LogP contribution in [0.5, 0.6) is 0 Å². The summed E-state index contributed by atoms with van der Waals surface area (Å²) in [6.45, 7) is 7.36. The van der Waals surface area contributed by atoms with Crippen LogP contribution in [0.4, 0.5) is 16.3 Å². The minimum atomic E-state index is -3.89. The molecule has 0 aliphatic rings. The summed E-state index contributed by atoms with van der Waals surface area (Å²) in [6.07, 6.45) is 1.15. The van der Waals surface area contributed by atoms with Gasteiger partial charge in [-0.1, -0.05) is 42.0 Å². The highest BCUT2D eigenvalue weighted by Gasteiger charge is 2.24. The van der Waals surface area contributed by atoms with Crippen LogP contribution in [-0.2, 0) is 23.8 Å². The van der Waals surface area contributed by atoms with Crippen molar-refractivity contribution in [2.24, 2.45) is 0 Å². The van der Waals surface area contributed by atoms with Gasteiger partial charge in [0.1, 0.15) is 16.4 Å². The summed E-state index contributed by atoms with van der Waals surface area (Å²) in [5.74, 6) is 0.401. The molecule has 2 heterocycles. The zero-order chi connectivity index (χ0) is 34.5. The van der Waals surface area contributed by atoms with Gasteiger partial charge in [0.15, 0.2) is 0 Å². The van der Waals surface area contributed by atoms with Crippen LogP contribution in [-0.4, -0.2) is 70.5 Å². The molecule has 0 N–H and O–H groups in total. The van der Waals surface area contributed by atoms with Gasteiger partial charge in [-0.15, -0.1) is 11.3 Å². The first-order valence-electron chi connectivity index (χ1n) is 15.5. The smallest absolute Gasteiger partial charge is 0.416 e. The quantitative estimate of drug-likeness (QED) is 0.0968. The molecule has 2 aromatic heterocycles. The summed E-state index contributed by atoms with van der Waals surface area (Å²) < 4.78 is 42.3. The summed E-state index contributed by atoms with van der Waals surface area (Å²) in [6, 6.07) is 24.5. The van der Waals surface area contributed by atoms with E-state index in [0.717, 1.165) is 43.2 Å². The molecule has 0 bridgehead atoms. The van der Waals surface area contributed by atoms with Gasteiger partial charge < -0.3 is 14.4 Å². The number of aryl methyl sites for hydroxylation is 1. The van der Waals surface area contributed by atoms with Crippen LogP contribution in [0, 0.1) is 6.92 Å². The SMILES string of the molecule is Cc1ccc(S(=O)(=O)OCCOCCN(C(=O)OC(C)(C)C)c2ccc(-c3ccc(-c4nc5ccc(N(C)C)cc5s4)cc3)cn2)cc1. The fourth-order valence-electron chi connectivity index (χ4n) is 4.69. The molecular formula is C36H40N4O6S2. The van der Waals surface area contributed by atoms with Crippen molar-refractivity contribution in [3.8, 4) is 21.7 Å². The first-order chi connectivity index (χ1) is 22.8. The van der Waals surface area contributed by atoms with Gasteiger partial charge >= 0.3 is 6.09 Å². The Hall–Kier alpha value is -4.36. The summed E-state index contributed by atoms with van der Waals surface area (Å²) >= 11 is 1.66. The predicted octanol–water partition coefficient (Wildman–Crippen LogP) is 7.56. The molecule has 0 aliphatic heterocycles. The molecule has 0 fully saturated rings. The van der Waals surface area contributed by atoms with Crippen LogP contribution in [0.2, 0.25) is 0 Å². The molecule has 0 aliphatic carbocycles. The molecule has 0 radical (unpaired) electrons. The van der Waals surface area contributed by atoms with E-state index < -0.39 is 21.8 Å². The average Bonchev–Trinajstić information content (AvgIpc) is 3.48. The van der Waals surface area contributed by atoms with Gasteiger partial charge in [-0.05, 0) is 75.7 Å². The van der Waals surface area contributed by atoms with Crippen molar-refractivity contribution < 1.29 is 26.9 Å². The van der Waals surface area contributed by atoms with Gasteiger partial charge in [0, 0.05) is 37.1 Å². The molecule has 48 heavy (non-hydrogen) atoms. The molecule has 0 atom stereocenters. The maximum atomic E-state index is 13.1. The lowest BCUT2D eigenvalue weighted by molar-refractivity contribution is 0.0552. The Morgan fingerprint density at radius 2 is 1.54 bits per heavy atom. The van der Waals surface area contributed by atoms with Gasteiger partial charge in [-0.3, -0.25) is 9.08 Å². The number of amides is 1. The largest absolute Gasteiger partial charge is 0.443 e. The number of carbonyl (C=O) groups is 1. The van der Waals surface area contributed by atoms with Crippen molar-refractivity contribution in [1.82, 2.24) is 9.97 Å². The maximum Gasteiger partial charge on any atom is 0.416 e. The van der Waals surface area contributed by atoms with Crippen LogP contribution in [0.1, 0.15) is 26.3 Å². The lowest BCUT2D eigenvalue weighted by Crippen LogP contribution is -2.39. The number of carbonyl (C=O) groups excluding carboxylic acids is 1. The highest BCUT2D eigenvalue weighted by Crippen LogP contribution is 2.33. The fraction of sp³-hybridized carbons (Fsp3) is 0.306. The Morgan fingerprint density at radius 3 is 2.19 bits per heavy atom. The second kappa shape index (κ2) is 14.8. The zero-order valence-electron chi connectivity index (χ0n) is 28.0. The average molecular weight is 689 g/mol. The molecule has 0 unspecified atom stereocenters. The van der Waals surface area contributed by atoms with Gasteiger partial charge in [-0.25, -0.2) is 14.8 Å².